The summed E-state index contributed by atoms with van der Waals surface area (Å²) in [6, 6.07) is 0. The number of nitrogen functional groups attached to an aromatic ring is 1. The van der Waals surface area contributed by atoms with E-state index in [2.05, 4.69) is 20.3 Å². The van der Waals surface area contributed by atoms with Crippen molar-refractivity contribution in [1.82, 2.24) is 15.0 Å². The molecule has 2 aromatic rings. The number of hydrogen-bond acceptors (Lipinski definition) is 9. The second-order valence-corrected chi connectivity index (χ2v) is 7.58. The largest absolute Gasteiger partial charge is 0.454 e. The number of thiophene rings is 1. The number of aromatic nitrogens is 3. The first-order chi connectivity index (χ1) is 12.8. The number of rotatable bonds is 5. The van der Waals surface area contributed by atoms with Crippen LogP contribution in [0.5, 0.6) is 0 Å². The molecule has 3 N–H and O–H groups in total. The van der Waals surface area contributed by atoms with Crippen molar-refractivity contribution in [2.45, 2.75) is 39.2 Å². The fourth-order valence-corrected chi connectivity index (χ4v) is 4.25. The van der Waals surface area contributed by atoms with Gasteiger partial charge in [-0.1, -0.05) is 0 Å². The molecule has 1 amide bonds. The Kier molecular flexibility index (Phi) is 5.54. The number of hydrogen-bond donors (Lipinski definition) is 2. The summed E-state index contributed by atoms with van der Waals surface area (Å²) in [5.74, 6) is 0.00349. The lowest BCUT2D eigenvalue weighted by atomic mass is 9.95. The number of aryl methyl sites for hydroxylation is 1. The fourth-order valence-electron chi connectivity index (χ4n) is 2.92. The van der Waals surface area contributed by atoms with Gasteiger partial charge in [0.1, 0.15) is 5.00 Å². The smallest absolute Gasteiger partial charge is 0.341 e. The third-order valence-corrected chi connectivity index (χ3v) is 5.29. The molecule has 144 valence electrons. The van der Waals surface area contributed by atoms with Crippen LogP contribution in [-0.2, 0) is 29.0 Å². The summed E-state index contributed by atoms with van der Waals surface area (Å²) in [4.78, 5) is 39.4. The molecule has 27 heavy (non-hydrogen) atoms. The van der Waals surface area contributed by atoms with Crippen molar-refractivity contribution in [3.05, 3.63) is 21.8 Å². The Balaban J connectivity index is 1.82. The van der Waals surface area contributed by atoms with E-state index in [-0.39, 0.29) is 24.3 Å². The predicted octanol–water partition coefficient (Wildman–Crippen LogP) is 1.78. The molecule has 1 aliphatic rings. The lowest BCUT2D eigenvalue weighted by molar-refractivity contribution is -0.114. The molecule has 1 aliphatic carbocycles. The van der Waals surface area contributed by atoms with Crippen molar-refractivity contribution in [3.63, 3.8) is 0 Å². The molecule has 0 aromatic carbocycles. The molecule has 9 nitrogen and oxygen atoms in total. The van der Waals surface area contributed by atoms with Crippen molar-refractivity contribution in [1.29, 1.82) is 0 Å². The molecular weight excluding hydrogens is 368 g/mol. The highest BCUT2D eigenvalue weighted by atomic mass is 32.1. The van der Waals surface area contributed by atoms with Gasteiger partial charge in [-0.25, -0.2) is 4.79 Å². The van der Waals surface area contributed by atoms with E-state index < -0.39 is 5.97 Å². The van der Waals surface area contributed by atoms with E-state index in [0.717, 1.165) is 36.1 Å². The molecule has 0 fully saturated rings. The Morgan fingerprint density at radius 3 is 2.67 bits per heavy atom. The number of amides is 1. The minimum absolute atomic E-state index is 0.0617. The summed E-state index contributed by atoms with van der Waals surface area (Å²) < 4.78 is 5.44. The summed E-state index contributed by atoms with van der Waals surface area (Å²) in [5, 5.41) is 3.30. The number of nitrogens with one attached hydrogen (secondary N) is 1. The topological polar surface area (TPSA) is 123 Å². The minimum atomic E-state index is -0.497. The fraction of sp³-hybridized carbons (Fsp3) is 0.471. The molecule has 2 heterocycles. The highest BCUT2D eigenvalue weighted by Gasteiger charge is 2.27. The van der Waals surface area contributed by atoms with Gasteiger partial charge in [0.15, 0.2) is 12.4 Å². The molecule has 0 bridgehead atoms. The van der Waals surface area contributed by atoms with Gasteiger partial charge in [0.25, 0.3) is 0 Å². The summed E-state index contributed by atoms with van der Waals surface area (Å²) in [6.07, 6.45) is 3.81. The first-order valence-electron chi connectivity index (χ1n) is 8.62. The molecule has 3 rings (SSSR count). The van der Waals surface area contributed by atoms with E-state index >= 15 is 0 Å². The van der Waals surface area contributed by atoms with Gasteiger partial charge in [0.2, 0.25) is 17.8 Å². The Labute approximate surface area is 161 Å². The Morgan fingerprint density at radius 2 is 1.96 bits per heavy atom. The zero-order valence-electron chi connectivity index (χ0n) is 15.5. The number of anilines is 3. The van der Waals surface area contributed by atoms with E-state index in [1.165, 1.54) is 18.3 Å². The molecule has 0 radical (unpaired) electrons. The molecule has 0 saturated heterocycles. The van der Waals surface area contributed by atoms with Gasteiger partial charge in [-0.05, 0) is 31.2 Å². The minimum Gasteiger partial charge on any atom is -0.454 e. The van der Waals surface area contributed by atoms with Crippen LogP contribution >= 0.6 is 11.3 Å². The summed E-state index contributed by atoms with van der Waals surface area (Å²) >= 11 is 1.45. The predicted molar refractivity (Wildman–Crippen MR) is 103 cm³/mol. The van der Waals surface area contributed by atoms with E-state index in [1.807, 2.05) is 0 Å². The van der Waals surface area contributed by atoms with Gasteiger partial charge in [0.05, 0.1) is 5.56 Å². The van der Waals surface area contributed by atoms with Crippen LogP contribution < -0.4 is 16.0 Å². The van der Waals surface area contributed by atoms with Crippen molar-refractivity contribution in [2.24, 2.45) is 0 Å². The summed E-state index contributed by atoms with van der Waals surface area (Å²) in [5.41, 5.74) is 7.11. The SMILES string of the molecule is CC(=O)Nc1sc2c(c1C(=O)OCc1nc(N)nc(N(C)C)n1)CCCC2. The third kappa shape index (κ3) is 4.33. The standard InChI is InChI=1S/C17H22N6O3S/c1-9(24)19-14-13(10-6-4-5-7-11(10)27-14)15(25)26-8-12-20-16(18)22-17(21-12)23(2)3/h4-8H2,1-3H3,(H,19,24)(H2,18,20,21,22). The average Bonchev–Trinajstić information content (AvgIpc) is 2.96. The second-order valence-electron chi connectivity index (χ2n) is 6.48. The van der Waals surface area contributed by atoms with Crippen LogP contribution in [0.2, 0.25) is 0 Å². The van der Waals surface area contributed by atoms with Crippen LogP contribution in [0.15, 0.2) is 0 Å². The number of fused-ring (bicyclic) bond motifs is 1. The van der Waals surface area contributed by atoms with Crippen LogP contribution in [0.3, 0.4) is 0 Å². The van der Waals surface area contributed by atoms with Crippen LogP contribution in [0.4, 0.5) is 16.9 Å². The first kappa shape index (κ1) is 19.0. The van der Waals surface area contributed by atoms with Crippen LogP contribution in [0, 0.1) is 0 Å². The number of esters is 1. The maximum Gasteiger partial charge on any atom is 0.341 e. The Morgan fingerprint density at radius 1 is 1.22 bits per heavy atom. The normalized spacial score (nSPS) is 13.0. The quantitative estimate of drug-likeness (QED) is 0.741. The highest BCUT2D eigenvalue weighted by molar-refractivity contribution is 7.17. The van der Waals surface area contributed by atoms with Crippen molar-refractivity contribution >= 4 is 40.1 Å². The van der Waals surface area contributed by atoms with Gasteiger partial charge in [-0.3, -0.25) is 4.79 Å². The van der Waals surface area contributed by atoms with E-state index in [1.54, 1.807) is 19.0 Å². The molecule has 0 aliphatic heterocycles. The van der Waals surface area contributed by atoms with Gasteiger partial charge in [-0.2, -0.15) is 15.0 Å². The van der Waals surface area contributed by atoms with Crippen LogP contribution in [-0.4, -0.2) is 40.9 Å². The van der Waals surface area contributed by atoms with Gasteiger partial charge >= 0.3 is 5.97 Å². The van der Waals surface area contributed by atoms with Crippen molar-refractivity contribution < 1.29 is 14.3 Å². The maximum atomic E-state index is 12.8. The van der Waals surface area contributed by atoms with Gasteiger partial charge in [-0.15, -0.1) is 11.3 Å². The van der Waals surface area contributed by atoms with E-state index in [4.69, 9.17) is 10.5 Å². The number of ether oxygens (including phenoxy) is 1. The third-order valence-electron chi connectivity index (χ3n) is 4.08. The van der Waals surface area contributed by atoms with Crippen LogP contribution in [0.1, 0.15) is 46.4 Å². The molecular formula is C17H22N6O3S. The van der Waals surface area contributed by atoms with Crippen molar-refractivity contribution in [3.8, 4) is 0 Å². The lowest BCUT2D eigenvalue weighted by Gasteiger charge is -2.13. The van der Waals surface area contributed by atoms with Gasteiger partial charge < -0.3 is 20.7 Å². The van der Waals surface area contributed by atoms with E-state index in [9.17, 15) is 9.59 Å². The molecule has 2 aromatic heterocycles. The van der Waals surface area contributed by atoms with E-state index in [0.29, 0.717) is 16.5 Å². The molecule has 0 saturated carbocycles. The zero-order valence-corrected chi connectivity index (χ0v) is 16.4. The molecule has 0 spiro atoms. The zero-order chi connectivity index (χ0) is 19.6. The maximum absolute atomic E-state index is 12.8. The lowest BCUT2D eigenvalue weighted by Crippen LogP contribution is -2.18. The van der Waals surface area contributed by atoms with Crippen molar-refractivity contribution in [2.75, 3.05) is 30.0 Å². The summed E-state index contributed by atoms with van der Waals surface area (Å²) in [7, 11) is 3.56. The molecule has 0 atom stereocenters. The Hall–Kier alpha value is -2.75. The number of carbonyl (C=O) groups excluding carboxylic acids is 2. The van der Waals surface area contributed by atoms with Crippen LogP contribution in [0.25, 0.3) is 0 Å². The van der Waals surface area contributed by atoms with Gasteiger partial charge in [0, 0.05) is 25.9 Å². The number of nitrogens with two attached hydrogens (primary N) is 1. The number of nitrogens with zero attached hydrogens (tertiary/aromatic N) is 4. The second kappa shape index (κ2) is 7.87. The average molecular weight is 390 g/mol. The summed E-state index contributed by atoms with van der Waals surface area (Å²) in [6.45, 7) is 1.29. The highest BCUT2D eigenvalue weighted by Crippen LogP contribution is 2.38. The number of carbonyl (C=O) groups is 2. The molecule has 10 heteroatoms. The Bertz CT molecular complexity index is 880. The molecule has 0 unspecified atom stereocenters. The monoisotopic (exact) mass is 390 g/mol. The first-order valence-corrected chi connectivity index (χ1v) is 9.43.